The van der Waals surface area contributed by atoms with Crippen LogP contribution in [0.3, 0.4) is 0 Å². The van der Waals surface area contributed by atoms with E-state index in [1.165, 1.54) is 24.3 Å². The lowest BCUT2D eigenvalue weighted by Crippen LogP contribution is -2.41. The van der Waals surface area contributed by atoms with Gasteiger partial charge in [0.05, 0.1) is 0 Å². The molecule has 4 nitrogen and oxygen atoms in total. The lowest BCUT2D eigenvalue weighted by molar-refractivity contribution is -0.0498. The number of alkyl halides is 2. The molecule has 0 aliphatic heterocycles. The molecular weight excluding hydrogens is 266 g/mol. The van der Waals surface area contributed by atoms with Crippen LogP contribution in [-0.2, 0) is 0 Å². The van der Waals surface area contributed by atoms with Crippen LogP contribution in [0.1, 0.15) is 30.6 Å². The lowest BCUT2D eigenvalue weighted by atomic mass is 10.0. The first-order chi connectivity index (χ1) is 9.42. The molecule has 1 aromatic rings. The summed E-state index contributed by atoms with van der Waals surface area (Å²) >= 11 is 0. The second-order valence-corrected chi connectivity index (χ2v) is 4.94. The van der Waals surface area contributed by atoms with E-state index < -0.39 is 6.61 Å². The van der Waals surface area contributed by atoms with Crippen molar-refractivity contribution >= 4 is 5.91 Å². The van der Waals surface area contributed by atoms with Crippen molar-refractivity contribution in [1.29, 1.82) is 0 Å². The average molecular weight is 286 g/mol. The van der Waals surface area contributed by atoms with Crippen molar-refractivity contribution in [2.24, 2.45) is 11.7 Å². The Labute approximate surface area is 117 Å². The van der Waals surface area contributed by atoms with E-state index in [0.29, 0.717) is 18.0 Å². The van der Waals surface area contributed by atoms with Gasteiger partial charge in [-0.3, -0.25) is 4.79 Å². The topological polar surface area (TPSA) is 64.3 Å². The van der Waals surface area contributed by atoms with Crippen LogP contribution in [0.5, 0.6) is 5.75 Å². The summed E-state index contributed by atoms with van der Waals surface area (Å²) < 4.78 is 28.2. The maximum absolute atomic E-state index is 12.0. The molecule has 20 heavy (non-hydrogen) atoms. The Hall–Kier alpha value is -1.69. The van der Waals surface area contributed by atoms with Gasteiger partial charge in [0.15, 0.2) is 0 Å². The molecule has 0 fully saturated rings. The Morgan fingerprint density at radius 2 is 1.90 bits per heavy atom. The van der Waals surface area contributed by atoms with Gasteiger partial charge < -0.3 is 15.8 Å². The molecule has 1 unspecified atom stereocenters. The van der Waals surface area contributed by atoms with Crippen molar-refractivity contribution < 1.29 is 18.3 Å². The van der Waals surface area contributed by atoms with E-state index in [2.05, 4.69) is 10.1 Å². The van der Waals surface area contributed by atoms with Crippen molar-refractivity contribution in [2.75, 3.05) is 6.54 Å². The summed E-state index contributed by atoms with van der Waals surface area (Å²) in [6.07, 6.45) is 0.787. The predicted octanol–water partition coefficient (Wildman–Crippen LogP) is 2.39. The Morgan fingerprint density at radius 3 is 2.35 bits per heavy atom. The van der Waals surface area contributed by atoms with Crippen LogP contribution < -0.4 is 15.8 Å². The molecule has 0 spiro atoms. The van der Waals surface area contributed by atoms with Gasteiger partial charge in [0.2, 0.25) is 0 Å². The van der Waals surface area contributed by atoms with Crippen molar-refractivity contribution in [1.82, 2.24) is 5.32 Å². The summed E-state index contributed by atoms with van der Waals surface area (Å²) in [5, 5.41) is 2.82. The number of carbonyl (C=O) groups is 1. The van der Waals surface area contributed by atoms with Crippen LogP contribution in [0.15, 0.2) is 24.3 Å². The van der Waals surface area contributed by atoms with Crippen LogP contribution in [0, 0.1) is 5.92 Å². The van der Waals surface area contributed by atoms with Crippen molar-refractivity contribution in [2.45, 2.75) is 32.9 Å². The van der Waals surface area contributed by atoms with Gasteiger partial charge in [0, 0.05) is 18.2 Å². The van der Waals surface area contributed by atoms with Gasteiger partial charge in [-0.2, -0.15) is 8.78 Å². The van der Waals surface area contributed by atoms with Gasteiger partial charge in [-0.15, -0.1) is 0 Å². The Kier molecular flexibility index (Phi) is 6.38. The number of ether oxygens (including phenoxy) is 1. The van der Waals surface area contributed by atoms with E-state index in [4.69, 9.17) is 5.73 Å². The van der Waals surface area contributed by atoms with E-state index in [1.807, 2.05) is 13.8 Å². The Morgan fingerprint density at radius 1 is 1.30 bits per heavy atom. The maximum atomic E-state index is 12.0. The molecule has 3 N–H and O–H groups in total. The molecule has 1 aromatic carbocycles. The highest BCUT2D eigenvalue weighted by Gasteiger charge is 2.14. The third-order valence-electron chi connectivity index (χ3n) is 2.72. The second kappa shape index (κ2) is 7.79. The summed E-state index contributed by atoms with van der Waals surface area (Å²) in [6.45, 7) is 1.58. The van der Waals surface area contributed by atoms with Crippen LogP contribution in [0.25, 0.3) is 0 Å². The zero-order valence-electron chi connectivity index (χ0n) is 11.6. The van der Waals surface area contributed by atoms with E-state index >= 15 is 0 Å². The first-order valence-electron chi connectivity index (χ1n) is 6.48. The van der Waals surface area contributed by atoms with E-state index in [9.17, 15) is 13.6 Å². The van der Waals surface area contributed by atoms with Gasteiger partial charge in [-0.25, -0.2) is 0 Å². The number of nitrogens with two attached hydrogens (primary N) is 1. The van der Waals surface area contributed by atoms with Gasteiger partial charge in [0.1, 0.15) is 5.75 Å². The van der Waals surface area contributed by atoms with E-state index in [0.717, 1.165) is 6.42 Å². The van der Waals surface area contributed by atoms with E-state index in [-0.39, 0.29) is 17.7 Å². The summed E-state index contributed by atoms with van der Waals surface area (Å²) in [5.41, 5.74) is 5.99. The highest BCUT2D eigenvalue weighted by Crippen LogP contribution is 2.15. The van der Waals surface area contributed by atoms with Crippen molar-refractivity contribution in [3.8, 4) is 5.75 Å². The fourth-order valence-corrected chi connectivity index (χ4v) is 1.84. The number of rotatable bonds is 7. The average Bonchev–Trinajstić information content (AvgIpc) is 2.37. The van der Waals surface area contributed by atoms with Crippen LogP contribution >= 0.6 is 0 Å². The lowest BCUT2D eigenvalue weighted by Gasteiger charge is -2.18. The zero-order valence-corrected chi connectivity index (χ0v) is 11.6. The minimum absolute atomic E-state index is 0.0223. The quantitative estimate of drug-likeness (QED) is 0.809. The minimum atomic E-state index is -2.87. The van der Waals surface area contributed by atoms with Crippen molar-refractivity contribution in [3.63, 3.8) is 0 Å². The molecule has 0 bridgehead atoms. The molecule has 0 saturated carbocycles. The number of hydrogen-bond acceptors (Lipinski definition) is 3. The van der Waals surface area contributed by atoms with Gasteiger partial charge in [0.25, 0.3) is 5.91 Å². The van der Waals surface area contributed by atoms with E-state index in [1.54, 1.807) is 0 Å². The molecule has 0 heterocycles. The molecule has 6 heteroatoms. The standard InChI is InChI=1S/C14H20F2N2O2/c1-9(2)7-11(8-17)18-13(19)10-3-5-12(6-4-10)20-14(15)16/h3-6,9,11,14H,7-8,17H2,1-2H3,(H,18,19). The first-order valence-corrected chi connectivity index (χ1v) is 6.48. The number of hydrogen-bond donors (Lipinski definition) is 2. The summed E-state index contributed by atoms with van der Waals surface area (Å²) in [4.78, 5) is 12.0. The largest absolute Gasteiger partial charge is 0.435 e. The van der Waals surface area contributed by atoms with Crippen LogP contribution in [-0.4, -0.2) is 25.1 Å². The number of nitrogens with one attached hydrogen (secondary N) is 1. The normalized spacial score (nSPS) is 12.6. The summed E-state index contributed by atoms with van der Waals surface area (Å²) in [6, 6.07) is 5.45. The Balaban J connectivity index is 2.62. The molecule has 1 rings (SSSR count). The molecule has 0 aliphatic carbocycles. The third-order valence-corrected chi connectivity index (χ3v) is 2.72. The second-order valence-electron chi connectivity index (χ2n) is 4.94. The fraction of sp³-hybridized carbons (Fsp3) is 0.500. The highest BCUT2D eigenvalue weighted by atomic mass is 19.3. The molecular formula is C14H20F2N2O2. The molecule has 0 aromatic heterocycles. The molecule has 0 aliphatic rings. The maximum Gasteiger partial charge on any atom is 0.387 e. The smallest absolute Gasteiger partial charge is 0.387 e. The number of benzene rings is 1. The molecule has 0 saturated heterocycles. The molecule has 1 amide bonds. The number of halogens is 2. The first kappa shape index (κ1) is 16.4. The van der Waals surface area contributed by atoms with Crippen LogP contribution in [0.4, 0.5) is 8.78 Å². The minimum Gasteiger partial charge on any atom is -0.435 e. The predicted molar refractivity (Wildman–Crippen MR) is 72.8 cm³/mol. The zero-order chi connectivity index (χ0) is 15.1. The number of carbonyl (C=O) groups excluding carboxylic acids is 1. The molecule has 0 radical (unpaired) electrons. The van der Waals surface area contributed by atoms with Gasteiger partial charge >= 0.3 is 6.61 Å². The highest BCUT2D eigenvalue weighted by molar-refractivity contribution is 5.94. The summed E-state index contributed by atoms with van der Waals surface area (Å²) in [7, 11) is 0. The SMILES string of the molecule is CC(C)CC(CN)NC(=O)c1ccc(OC(F)F)cc1. The number of amides is 1. The van der Waals surface area contributed by atoms with Crippen LogP contribution in [0.2, 0.25) is 0 Å². The van der Waals surface area contributed by atoms with Gasteiger partial charge in [-0.05, 0) is 36.6 Å². The Bertz CT molecular complexity index is 422. The summed E-state index contributed by atoms with van der Waals surface area (Å²) in [5.74, 6) is 0.171. The monoisotopic (exact) mass is 286 g/mol. The fourth-order valence-electron chi connectivity index (χ4n) is 1.84. The molecule has 112 valence electrons. The molecule has 1 atom stereocenters. The third kappa shape index (κ3) is 5.52. The van der Waals surface area contributed by atoms with Gasteiger partial charge in [-0.1, -0.05) is 13.8 Å². The van der Waals surface area contributed by atoms with Crippen molar-refractivity contribution in [3.05, 3.63) is 29.8 Å².